The molecule has 0 aliphatic heterocycles. The summed E-state index contributed by atoms with van der Waals surface area (Å²) in [6.45, 7) is 0.338. The van der Waals surface area contributed by atoms with Gasteiger partial charge in [-0.05, 0) is 42.5 Å². The number of carbonyl (C=O) groups is 2. The minimum absolute atomic E-state index is 0.159. The van der Waals surface area contributed by atoms with Gasteiger partial charge in [0.15, 0.2) is 0 Å². The second-order valence-corrected chi connectivity index (χ2v) is 6.66. The van der Waals surface area contributed by atoms with Crippen molar-refractivity contribution >= 4 is 35.0 Å². The van der Waals surface area contributed by atoms with Gasteiger partial charge in [0.25, 0.3) is 5.91 Å². The third kappa shape index (κ3) is 5.24. The van der Waals surface area contributed by atoms with Crippen molar-refractivity contribution in [2.75, 3.05) is 20.2 Å². The van der Waals surface area contributed by atoms with Crippen molar-refractivity contribution in [3.05, 3.63) is 64.0 Å². The Morgan fingerprint density at radius 1 is 1.00 bits per heavy atom. The standard InChI is InChI=1S/C19H16Cl2N4O4/c1-28-15-7-6-13(21)10-14(15)17(26)22-8-9-23-18(27)19-24-16(25-29-19)11-2-4-12(20)5-3-11/h2-7,10H,8-9H2,1H3,(H,22,26)(H,23,27). The third-order valence-electron chi connectivity index (χ3n) is 3.82. The van der Waals surface area contributed by atoms with Gasteiger partial charge in [-0.25, -0.2) is 0 Å². The SMILES string of the molecule is COc1ccc(Cl)cc1C(=O)NCCNC(=O)c1nc(-c2ccc(Cl)cc2)no1. The Hall–Kier alpha value is -3.10. The monoisotopic (exact) mass is 434 g/mol. The second kappa shape index (κ2) is 9.40. The summed E-state index contributed by atoms with van der Waals surface area (Å²) < 4.78 is 10.1. The summed E-state index contributed by atoms with van der Waals surface area (Å²) >= 11 is 11.8. The number of nitrogens with one attached hydrogen (secondary N) is 2. The minimum Gasteiger partial charge on any atom is -0.496 e. The van der Waals surface area contributed by atoms with Gasteiger partial charge in [0, 0.05) is 28.7 Å². The Bertz CT molecular complexity index is 1020. The molecule has 0 radical (unpaired) electrons. The van der Waals surface area contributed by atoms with E-state index in [0.29, 0.717) is 26.9 Å². The van der Waals surface area contributed by atoms with Crippen LogP contribution in [0, 0.1) is 0 Å². The molecule has 150 valence electrons. The van der Waals surface area contributed by atoms with Crippen LogP contribution in [0.25, 0.3) is 11.4 Å². The van der Waals surface area contributed by atoms with Crippen LogP contribution in [-0.4, -0.2) is 42.2 Å². The quantitative estimate of drug-likeness (QED) is 0.552. The number of carbonyl (C=O) groups excluding carboxylic acids is 2. The Morgan fingerprint density at radius 3 is 2.34 bits per heavy atom. The molecule has 0 atom stereocenters. The minimum atomic E-state index is -0.549. The predicted molar refractivity (Wildman–Crippen MR) is 107 cm³/mol. The van der Waals surface area contributed by atoms with E-state index in [9.17, 15) is 9.59 Å². The lowest BCUT2D eigenvalue weighted by molar-refractivity contribution is 0.0897. The van der Waals surface area contributed by atoms with Gasteiger partial charge in [-0.15, -0.1) is 0 Å². The molecule has 0 unspecified atom stereocenters. The molecule has 0 spiro atoms. The summed E-state index contributed by atoms with van der Waals surface area (Å²) in [5.41, 5.74) is 0.968. The Balaban J connectivity index is 1.51. The van der Waals surface area contributed by atoms with Crippen LogP contribution in [0.15, 0.2) is 47.0 Å². The molecule has 0 fully saturated rings. The van der Waals surface area contributed by atoms with E-state index in [4.69, 9.17) is 32.5 Å². The van der Waals surface area contributed by atoms with Crippen LogP contribution in [0.1, 0.15) is 21.0 Å². The number of methoxy groups -OCH3 is 1. The van der Waals surface area contributed by atoms with Gasteiger partial charge in [-0.2, -0.15) is 4.98 Å². The van der Waals surface area contributed by atoms with Crippen molar-refractivity contribution in [2.45, 2.75) is 0 Å². The van der Waals surface area contributed by atoms with Crippen molar-refractivity contribution in [3.8, 4) is 17.1 Å². The van der Waals surface area contributed by atoms with Crippen LogP contribution in [0.3, 0.4) is 0 Å². The zero-order valence-electron chi connectivity index (χ0n) is 15.2. The highest BCUT2D eigenvalue weighted by molar-refractivity contribution is 6.31. The first-order valence-corrected chi connectivity index (χ1v) is 9.23. The van der Waals surface area contributed by atoms with E-state index < -0.39 is 5.91 Å². The van der Waals surface area contributed by atoms with E-state index in [0.717, 1.165) is 0 Å². The van der Waals surface area contributed by atoms with E-state index in [-0.39, 0.29) is 30.7 Å². The number of benzene rings is 2. The summed E-state index contributed by atoms with van der Waals surface area (Å²) in [6.07, 6.45) is 0. The van der Waals surface area contributed by atoms with Crippen molar-refractivity contribution in [1.29, 1.82) is 0 Å². The maximum absolute atomic E-state index is 12.3. The average molecular weight is 435 g/mol. The normalized spacial score (nSPS) is 10.4. The van der Waals surface area contributed by atoms with Gasteiger partial charge >= 0.3 is 11.8 Å². The van der Waals surface area contributed by atoms with Crippen molar-refractivity contribution in [2.24, 2.45) is 0 Å². The summed E-state index contributed by atoms with van der Waals surface area (Å²) in [7, 11) is 1.46. The Kier molecular flexibility index (Phi) is 6.69. The molecular weight excluding hydrogens is 419 g/mol. The summed E-state index contributed by atoms with van der Waals surface area (Å²) in [4.78, 5) is 28.4. The molecule has 8 nitrogen and oxygen atoms in total. The highest BCUT2D eigenvalue weighted by atomic mass is 35.5. The molecule has 0 aliphatic rings. The number of amides is 2. The van der Waals surface area contributed by atoms with Gasteiger partial charge in [0.05, 0.1) is 12.7 Å². The van der Waals surface area contributed by atoms with Gasteiger partial charge in [-0.3, -0.25) is 9.59 Å². The number of rotatable bonds is 7. The molecule has 2 amide bonds. The average Bonchev–Trinajstić information content (AvgIpc) is 3.21. The van der Waals surface area contributed by atoms with Crippen LogP contribution < -0.4 is 15.4 Å². The van der Waals surface area contributed by atoms with Crippen molar-refractivity contribution in [1.82, 2.24) is 20.8 Å². The van der Waals surface area contributed by atoms with Gasteiger partial charge < -0.3 is 19.9 Å². The fourth-order valence-corrected chi connectivity index (χ4v) is 2.71. The molecular formula is C19H16Cl2N4O4. The molecule has 3 aromatic rings. The topological polar surface area (TPSA) is 106 Å². The number of aromatic nitrogens is 2. The van der Waals surface area contributed by atoms with Gasteiger partial charge in [0.1, 0.15) is 5.75 Å². The first-order chi connectivity index (χ1) is 14.0. The van der Waals surface area contributed by atoms with E-state index >= 15 is 0 Å². The zero-order valence-corrected chi connectivity index (χ0v) is 16.8. The number of hydrogen-bond donors (Lipinski definition) is 2. The van der Waals surface area contributed by atoms with Crippen LogP contribution >= 0.6 is 23.2 Å². The van der Waals surface area contributed by atoms with Gasteiger partial charge in [0.2, 0.25) is 5.82 Å². The fraction of sp³-hybridized carbons (Fsp3) is 0.158. The molecule has 0 saturated carbocycles. The van der Waals surface area contributed by atoms with Crippen molar-refractivity contribution in [3.63, 3.8) is 0 Å². The molecule has 1 aromatic heterocycles. The predicted octanol–water partition coefficient (Wildman–Crippen LogP) is 3.21. The van der Waals surface area contributed by atoms with Crippen molar-refractivity contribution < 1.29 is 18.8 Å². The zero-order chi connectivity index (χ0) is 20.8. The van der Waals surface area contributed by atoms with E-state index in [2.05, 4.69) is 20.8 Å². The Labute approximate surface area is 176 Å². The van der Waals surface area contributed by atoms with Crippen LogP contribution in [0.4, 0.5) is 0 Å². The molecule has 0 aliphatic carbocycles. The second-order valence-electron chi connectivity index (χ2n) is 5.79. The lowest BCUT2D eigenvalue weighted by atomic mass is 10.2. The molecule has 3 rings (SSSR count). The molecule has 10 heteroatoms. The highest BCUT2D eigenvalue weighted by Crippen LogP contribution is 2.22. The molecule has 0 bridgehead atoms. The first-order valence-electron chi connectivity index (χ1n) is 8.47. The molecule has 2 N–H and O–H groups in total. The number of hydrogen-bond acceptors (Lipinski definition) is 6. The Morgan fingerprint density at radius 2 is 1.66 bits per heavy atom. The summed E-state index contributed by atoms with van der Waals surface area (Å²) in [5, 5.41) is 10.0. The number of halogens is 2. The maximum atomic E-state index is 12.3. The molecule has 0 saturated heterocycles. The molecule has 29 heavy (non-hydrogen) atoms. The largest absolute Gasteiger partial charge is 0.496 e. The van der Waals surface area contributed by atoms with E-state index in [1.165, 1.54) is 13.2 Å². The highest BCUT2D eigenvalue weighted by Gasteiger charge is 2.16. The summed E-state index contributed by atoms with van der Waals surface area (Å²) in [5.74, 6) is -0.434. The third-order valence-corrected chi connectivity index (χ3v) is 4.31. The lowest BCUT2D eigenvalue weighted by Gasteiger charge is -2.09. The van der Waals surface area contributed by atoms with E-state index in [1.54, 1.807) is 36.4 Å². The maximum Gasteiger partial charge on any atom is 0.316 e. The number of ether oxygens (including phenoxy) is 1. The van der Waals surface area contributed by atoms with Gasteiger partial charge in [-0.1, -0.05) is 28.4 Å². The fourth-order valence-electron chi connectivity index (χ4n) is 2.41. The molecule has 2 aromatic carbocycles. The molecule has 1 heterocycles. The summed E-state index contributed by atoms with van der Waals surface area (Å²) in [6, 6.07) is 11.5. The van der Waals surface area contributed by atoms with Crippen LogP contribution in [0.5, 0.6) is 5.75 Å². The van der Waals surface area contributed by atoms with E-state index in [1.807, 2.05) is 0 Å². The number of nitrogens with zero attached hydrogens (tertiary/aromatic N) is 2. The smallest absolute Gasteiger partial charge is 0.316 e. The van der Waals surface area contributed by atoms with Crippen LogP contribution in [0.2, 0.25) is 10.0 Å². The van der Waals surface area contributed by atoms with Crippen LogP contribution in [-0.2, 0) is 0 Å². The first kappa shape index (κ1) is 20.6. The lowest BCUT2D eigenvalue weighted by Crippen LogP contribution is -2.35.